The van der Waals surface area contributed by atoms with Gasteiger partial charge in [0.05, 0.1) is 52.8 Å². The zero-order chi connectivity index (χ0) is 54.5. The first-order valence-electron chi connectivity index (χ1n) is 21.5. The van der Waals surface area contributed by atoms with Crippen molar-refractivity contribution < 1.29 is 123 Å². The molecule has 4 aromatic heterocycles. The number of anilines is 2. The number of carbonyl (C=O) groups excluding carboxylic acids is 2. The van der Waals surface area contributed by atoms with Crippen molar-refractivity contribution in [2.75, 3.05) is 51.6 Å². The van der Waals surface area contributed by atoms with Crippen molar-refractivity contribution in [2.45, 2.75) is 80.0 Å². The van der Waals surface area contributed by atoms with Gasteiger partial charge in [0.1, 0.15) is 66.8 Å². The number of aromatic amines is 1. The molecule has 0 saturated carbocycles. The Balaban J connectivity index is 0.951. The first kappa shape index (κ1) is 56.7. The molecule has 4 aliphatic heterocycles. The van der Waals surface area contributed by atoms with Gasteiger partial charge in [0.2, 0.25) is 17.7 Å². The second-order valence-corrected chi connectivity index (χ2v) is 22.6. The van der Waals surface area contributed by atoms with Gasteiger partial charge < -0.3 is 75.2 Å². The molecule has 3 saturated heterocycles. The molecule has 7 unspecified atom stereocenters. The minimum atomic E-state index is -6.22. The smallest absolute Gasteiger partial charge is 0.387 e. The lowest BCUT2D eigenvalue weighted by atomic mass is 10.1. The number of allylic oxidation sites excluding steroid dienone is 1. The van der Waals surface area contributed by atoms with Crippen molar-refractivity contribution in [3.05, 3.63) is 41.6 Å². The van der Waals surface area contributed by atoms with Crippen LogP contribution in [0.1, 0.15) is 18.9 Å². The largest absolute Gasteiger partial charge is 0.490 e. The maximum absolute atomic E-state index is 13.7. The van der Waals surface area contributed by atoms with E-state index in [4.69, 9.17) is 53.2 Å². The average Bonchev–Trinajstić information content (AvgIpc) is 4.11. The number of phosphoric ester groups is 3. The Kier molecular flexibility index (Phi) is 16.7. The van der Waals surface area contributed by atoms with Gasteiger partial charge in [0.25, 0.3) is 11.5 Å². The molecule has 8 heterocycles. The molecule has 0 spiro atoms. The van der Waals surface area contributed by atoms with Crippen molar-refractivity contribution in [2.24, 2.45) is 7.05 Å². The summed E-state index contributed by atoms with van der Waals surface area (Å²) >= 11 is 0. The van der Waals surface area contributed by atoms with Gasteiger partial charge in [-0.05, 0) is 6.08 Å². The van der Waals surface area contributed by atoms with Crippen molar-refractivity contribution in [3.63, 3.8) is 0 Å². The average molecular weight is 1150 g/mol. The van der Waals surface area contributed by atoms with Crippen molar-refractivity contribution in [3.8, 4) is 0 Å². The third kappa shape index (κ3) is 12.5. The maximum atomic E-state index is 13.7. The van der Waals surface area contributed by atoms with E-state index in [9.17, 15) is 72.6 Å². The summed E-state index contributed by atoms with van der Waals surface area (Å²) in [6.45, 7) is -3.88. The van der Waals surface area contributed by atoms with E-state index in [1.807, 2.05) is 0 Å². The fourth-order valence-corrected chi connectivity index (χ4v) is 12.6. The summed E-state index contributed by atoms with van der Waals surface area (Å²) in [7, 11) is -20.8. The van der Waals surface area contributed by atoms with E-state index in [-0.39, 0.29) is 47.3 Å². The minimum Gasteiger partial charge on any atom is -0.387 e. The van der Waals surface area contributed by atoms with Crippen molar-refractivity contribution in [1.29, 1.82) is 0 Å². The van der Waals surface area contributed by atoms with E-state index in [0.717, 1.165) is 34.4 Å². The van der Waals surface area contributed by atoms with Gasteiger partial charge in [-0.1, -0.05) is 4.98 Å². The van der Waals surface area contributed by atoms with E-state index >= 15 is 0 Å². The second kappa shape index (κ2) is 22.1. The van der Waals surface area contributed by atoms with E-state index < -0.39 is 148 Å². The molecule has 8 rings (SSSR count). The molecule has 0 radical (unpaired) electrons. The number of hydrogen-bond acceptors (Lipinski definition) is 28. The van der Waals surface area contributed by atoms with E-state index in [2.05, 4.69) is 33.5 Å². The lowest BCUT2D eigenvalue weighted by molar-refractivity contribution is -0.745. The number of aliphatic hydroxyl groups excluding tert-OH is 4. The summed E-state index contributed by atoms with van der Waals surface area (Å²) < 4.78 is 113. The maximum Gasteiger partial charge on any atom is 0.490 e. The van der Waals surface area contributed by atoms with Gasteiger partial charge in [0.15, 0.2) is 36.0 Å². The zero-order valence-corrected chi connectivity index (χ0v) is 42.1. The summed E-state index contributed by atoms with van der Waals surface area (Å²) in [5.41, 5.74) is 10.8. The number of aromatic nitrogens is 8. The molecule has 13 N–H and O–H groups in total. The number of amides is 1. The Hall–Kier alpha value is -4.46. The fraction of sp³-hybridized carbons (Fsp3) is 0.588. The highest BCUT2D eigenvalue weighted by Crippen LogP contribution is 2.68. The number of phosphoric acid groups is 4. The highest BCUT2D eigenvalue weighted by atomic mass is 31.3. The Labute approximate surface area is 418 Å². The van der Waals surface area contributed by atoms with Crippen molar-refractivity contribution in [1.82, 2.24) is 39.0 Å². The number of aliphatic hydroxyl groups is 4. The number of nitrogens with two attached hydrogens (primary N) is 2. The number of ether oxygens (including phenoxy) is 5. The number of nitrogen functional groups attached to an aromatic ring is 2. The molecular weight excluding hydrogens is 1100 g/mol. The van der Waals surface area contributed by atoms with Crippen LogP contribution >= 0.6 is 31.3 Å². The number of methoxy groups -OCH3 is 1. The van der Waals surface area contributed by atoms with Gasteiger partial charge in [-0.25, -0.2) is 37.8 Å². The lowest BCUT2D eigenvalue weighted by Gasteiger charge is -2.29. The van der Waals surface area contributed by atoms with Crippen LogP contribution in [0, 0.1) is 0 Å². The third-order valence-electron chi connectivity index (χ3n) is 11.5. The number of fused-ring (bicyclic) bond motifs is 2. The van der Waals surface area contributed by atoms with Crippen LogP contribution in [0.15, 0.2) is 36.1 Å². The van der Waals surface area contributed by atoms with Crippen LogP contribution in [0.3, 0.4) is 0 Å². The lowest BCUT2D eigenvalue weighted by Crippen LogP contribution is -2.46. The van der Waals surface area contributed by atoms with E-state index in [1.165, 1.54) is 29.6 Å². The van der Waals surface area contributed by atoms with Crippen LogP contribution in [0.4, 0.5) is 11.8 Å². The first-order chi connectivity index (χ1) is 35.2. The molecule has 3 fully saturated rings. The monoisotopic (exact) mass is 1150 g/mol. The van der Waals surface area contributed by atoms with Crippen LogP contribution < -0.4 is 21.6 Å². The Morgan fingerprint density at radius 2 is 1.41 bits per heavy atom. The molecule has 0 bridgehead atoms. The topological polar surface area (TPSA) is 519 Å². The number of hydrogen-bond donors (Lipinski definition) is 11. The molecule has 1 amide bonds. The summed E-state index contributed by atoms with van der Waals surface area (Å²) in [4.78, 5) is 98.4. The van der Waals surface area contributed by atoms with E-state index in [0.29, 0.717) is 0 Å². The molecule has 4 aliphatic rings. The molecule has 4 aromatic rings. The molecule has 41 heteroatoms. The number of aryl methyl sites for hydroxylation is 1. The van der Waals surface area contributed by atoms with Crippen LogP contribution in [0.5, 0.6) is 0 Å². The highest BCUT2D eigenvalue weighted by molar-refractivity contribution is 7.66. The molecule has 75 heavy (non-hydrogen) atoms. The number of nitrogens with one attached hydrogen (secondary N) is 1. The van der Waals surface area contributed by atoms with Gasteiger partial charge in [-0.15, -0.1) is 0 Å². The summed E-state index contributed by atoms with van der Waals surface area (Å²) in [5.74, 6) is -1.75. The second-order valence-electron chi connectivity index (χ2n) is 16.6. The molecular formula is C34H48N11O26P4+. The van der Waals surface area contributed by atoms with E-state index in [1.54, 1.807) is 0 Å². The SMILES string of the molecule is COCCO[C@H]1C(OP(=O)(O)OC[C@H]2O[C@@H](N3C=CC(=O)CC3=O)[C@@H](O)C2O)[C@@H](COP(=O)(O)OP(=O)(O)OP(=O)(O)OC[C@H]2O[C@@H]([n+]3cn(C)c4c(=O)[nH]c(N)nc43)C(O)[C@H]2O)O[C@H]1n1cnc2c(N)ncnc21. The molecule has 37 nitrogen and oxygen atoms in total. The molecule has 0 aromatic carbocycles. The van der Waals surface area contributed by atoms with Gasteiger partial charge >= 0.3 is 36.9 Å². The predicted octanol–water partition coefficient (Wildman–Crippen LogP) is -4.27. The quantitative estimate of drug-likeness (QED) is 0.0154. The zero-order valence-electron chi connectivity index (χ0n) is 38.5. The molecule has 0 aliphatic carbocycles. The number of rotatable bonds is 22. The normalized spacial score (nSPS) is 31.5. The summed E-state index contributed by atoms with van der Waals surface area (Å²) in [6.07, 6.45) is -15.8. The minimum absolute atomic E-state index is 0.0110. The number of carbonyl (C=O) groups is 2. The van der Waals surface area contributed by atoms with Crippen LogP contribution in [-0.4, -0.2) is 192 Å². The van der Waals surface area contributed by atoms with Crippen LogP contribution in [-0.2, 0) is 85.3 Å². The predicted molar refractivity (Wildman–Crippen MR) is 238 cm³/mol. The first-order valence-corrected chi connectivity index (χ1v) is 27.5. The van der Waals surface area contributed by atoms with Gasteiger partial charge in [0, 0.05) is 13.3 Å². The third-order valence-corrected chi connectivity index (χ3v) is 16.7. The highest BCUT2D eigenvalue weighted by Gasteiger charge is 2.54. The number of ketones is 1. The van der Waals surface area contributed by atoms with Gasteiger partial charge in [-0.3, -0.25) is 51.5 Å². The Bertz CT molecular complexity index is 3090. The Morgan fingerprint density at radius 1 is 0.787 bits per heavy atom. The summed E-state index contributed by atoms with van der Waals surface area (Å²) in [6, 6.07) is 0. The van der Waals surface area contributed by atoms with Gasteiger partial charge in [-0.2, -0.15) is 8.62 Å². The number of imidazole rings is 2. The molecule has 16 atom stereocenters. The van der Waals surface area contributed by atoms with Crippen molar-refractivity contribution >= 4 is 77.1 Å². The fourth-order valence-electron chi connectivity index (χ4n) is 8.13. The number of nitrogens with zero attached hydrogens (tertiary/aromatic N) is 8. The Morgan fingerprint density at radius 3 is 2.08 bits per heavy atom. The van der Waals surface area contributed by atoms with Crippen LogP contribution in [0.25, 0.3) is 22.3 Å². The standard InChI is InChI=1S/C34H47N11O26P4/c1-42-13-45(29-20(42)30(52)41-34(36)40-29)32-24(51)22(49)16(67-32)9-64-73(55,56)70-75(59,60)71-74(57,58)65-10-17-25(26(62-6-5-61-2)33(68-17)44-12-39-19-27(35)37-11-38-28(19)44)69-72(53,54)63-8-15-21(48)23(50)31(66-15)43-4-3-14(46)7-18(43)47/h3-4,11-13,15-17,21-26,31-33,48-51H,5-10H2,1-2H3,(H8-,35,36,37,38,40,41,52,53,54,55,56,57,58,59,60)/p+1/t15-,16-,17-,21?,22+,23+,24?,25?,26+,31-,32-,33-/m1/s1. The molecule has 414 valence electrons. The summed E-state index contributed by atoms with van der Waals surface area (Å²) in [5, 5.41) is 42.9. The van der Waals surface area contributed by atoms with Crippen LogP contribution in [0.2, 0.25) is 0 Å². The number of H-pyrrole nitrogens is 1.